The SMILES string of the molecule is CN(C(=O)c1ccccc1)N(C)c1ccc(NC(=O)OC(C)(C)C)cc1. The highest BCUT2D eigenvalue weighted by Crippen LogP contribution is 2.19. The lowest BCUT2D eigenvalue weighted by Crippen LogP contribution is -2.41. The Bertz CT molecular complexity index is 752. The number of carbonyl (C=O) groups is 2. The molecule has 2 rings (SSSR count). The molecule has 0 fully saturated rings. The fourth-order valence-corrected chi connectivity index (χ4v) is 2.26. The first kappa shape index (κ1) is 19.3. The van der Waals surface area contributed by atoms with Crippen LogP contribution in [0, 0.1) is 0 Å². The number of nitrogens with one attached hydrogen (secondary N) is 1. The summed E-state index contributed by atoms with van der Waals surface area (Å²) in [6.07, 6.45) is -0.505. The zero-order valence-corrected chi connectivity index (χ0v) is 15.8. The molecule has 6 heteroatoms. The van der Waals surface area contributed by atoms with Crippen molar-refractivity contribution < 1.29 is 14.3 Å². The molecule has 0 saturated carbocycles. The minimum atomic E-state index is -0.551. The molecule has 0 aliphatic heterocycles. The van der Waals surface area contributed by atoms with Gasteiger partial charge in [0.25, 0.3) is 5.91 Å². The van der Waals surface area contributed by atoms with Crippen molar-refractivity contribution in [1.82, 2.24) is 5.01 Å². The fourth-order valence-electron chi connectivity index (χ4n) is 2.26. The van der Waals surface area contributed by atoms with Crippen molar-refractivity contribution in [2.24, 2.45) is 0 Å². The van der Waals surface area contributed by atoms with Crippen LogP contribution in [-0.2, 0) is 4.74 Å². The molecule has 2 aromatic rings. The molecule has 138 valence electrons. The minimum absolute atomic E-state index is 0.107. The van der Waals surface area contributed by atoms with Crippen molar-refractivity contribution >= 4 is 23.4 Å². The van der Waals surface area contributed by atoms with E-state index in [1.807, 2.05) is 51.1 Å². The number of hydrazine groups is 1. The average Bonchev–Trinajstić information content (AvgIpc) is 2.59. The summed E-state index contributed by atoms with van der Waals surface area (Å²) in [6, 6.07) is 16.3. The lowest BCUT2D eigenvalue weighted by atomic mass is 10.2. The Morgan fingerprint density at radius 3 is 2.04 bits per heavy atom. The van der Waals surface area contributed by atoms with Crippen molar-refractivity contribution in [2.75, 3.05) is 24.4 Å². The standard InChI is InChI=1S/C20H25N3O3/c1-20(2,3)26-19(25)21-16-11-13-17(14-12-16)22(4)23(5)18(24)15-9-7-6-8-10-15/h6-14H,1-5H3,(H,21,25). The van der Waals surface area contributed by atoms with E-state index < -0.39 is 11.7 Å². The van der Waals surface area contributed by atoms with Gasteiger partial charge in [-0.3, -0.25) is 20.1 Å². The molecule has 0 bridgehead atoms. The fraction of sp³-hybridized carbons (Fsp3) is 0.300. The first-order valence-corrected chi connectivity index (χ1v) is 8.34. The van der Waals surface area contributed by atoms with Gasteiger partial charge in [-0.05, 0) is 57.2 Å². The third-order valence-electron chi connectivity index (χ3n) is 3.65. The van der Waals surface area contributed by atoms with Crippen LogP contribution in [0.3, 0.4) is 0 Å². The second-order valence-electron chi connectivity index (χ2n) is 6.89. The molecule has 0 unspecified atom stereocenters. The molecule has 26 heavy (non-hydrogen) atoms. The Hall–Kier alpha value is -3.02. The van der Waals surface area contributed by atoms with Gasteiger partial charge in [0.1, 0.15) is 5.60 Å². The van der Waals surface area contributed by atoms with Crippen molar-refractivity contribution in [3.63, 3.8) is 0 Å². The molecule has 2 amide bonds. The predicted octanol–water partition coefficient (Wildman–Crippen LogP) is 4.16. The molecule has 0 saturated heterocycles. The van der Waals surface area contributed by atoms with Gasteiger partial charge in [-0.15, -0.1) is 0 Å². The number of rotatable bonds is 4. The number of anilines is 2. The Morgan fingerprint density at radius 1 is 0.923 bits per heavy atom. The van der Waals surface area contributed by atoms with Crippen LogP contribution in [0.25, 0.3) is 0 Å². The maximum Gasteiger partial charge on any atom is 0.412 e. The van der Waals surface area contributed by atoms with Gasteiger partial charge in [-0.2, -0.15) is 0 Å². The zero-order chi connectivity index (χ0) is 19.3. The van der Waals surface area contributed by atoms with E-state index in [0.29, 0.717) is 11.3 Å². The van der Waals surface area contributed by atoms with Crippen LogP contribution in [0.15, 0.2) is 54.6 Å². The Kier molecular flexibility index (Phi) is 5.87. The lowest BCUT2D eigenvalue weighted by molar-refractivity contribution is 0.0635. The number of ether oxygens (including phenoxy) is 1. The highest BCUT2D eigenvalue weighted by Gasteiger charge is 2.18. The quantitative estimate of drug-likeness (QED) is 0.837. The van der Waals surface area contributed by atoms with Crippen LogP contribution in [0.2, 0.25) is 0 Å². The summed E-state index contributed by atoms with van der Waals surface area (Å²) in [5, 5.41) is 5.96. The van der Waals surface area contributed by atoms with Gasteiger partial charge in [0.15, 0.2) is 0 Å². The second kappa shape index (κ2) is 7.91. The summed E-state index contributed by atoms with van der Waals surface area (Å²) in [5.41, 5.74) is 1.50. The molecule has 0 aliphatic carbocycles. The Morgan fingerprint density at radius 2 is 1.50 bits per heavy atom. The zero-order valence-electron chi connectivity index (χ0n) is 15.8. The van der Waals surface area contributed by atoms with Gasteiger partial charge < -0.3 is 4.74 Å². The van der Waals surface area contributed by atoms with E-state index in [9.17, 15) is 9.59 Å². The molecule has 0 atom stereocenters. The maximum absolute atomic E-state index is 12.5. The molecule has 6 nitrogen and oxygen atoms in total. The molecule has 0 radical (unpaired) electrons. The summed E-state index contributed by atoms with van der Waals surface area (Å²) < 4.78 is 5.22. The summed E-state index contributed by atoms with van der Waals surface area (Å²) in [5.74, 6) is -0.107. The van der Waals surface area contributed by atoms with Gasteiger partial charge in [0.2, 0.25) is 0 Å². The highest BCUT2D eigenvalue weighted by molar-refractivity contribution is 5.95. The minimum Gasteiger partial charge on any atom is -0.444 e. The van der Waals surface area contributed by atoms with E-state index in [2.05, 4.69) is 5.32 Å². The third-order valence-corrected chi connectivity index (χ3v) is 3.65. The lowest BCUT2D eigenvalue weighted by Gasteiger charge is -2.30. The number of hydrogen-bond donors (Lipinski definition) is 1. The maximum atomic E-state index is 12.5. The molecule has 2 aromatic carbocycles. The molecule has 0 heterocycles. The van der Waals surface area contributed by atoms with Crippen molar-refractivity contribution in [1.29, 1.82) is 0 Å². The Balaban J connectivity index is 2.03. The van der Waals surface area contributed by atoms with E-state index in [1.165, 1.54) is 5.01 Å². The van der Waals surface area contributed by atoms with Gasteiger partial charge >= 0.3 is 6.09 Å². The van der Waals surface area contributed by atoms with Crippen LogP contribution in [0.4, 0.5) is 16.2 Å². The number of nitrogens with zero attached hydrogens (tertiary/aromatic N) is 2. The smallest absolute Gasteiger partial charge is 0.412 e. The van der Waals surface area contributed by atoms with Crippen LogP contribution in [-0.4, -0.2) is 36.7 Å². The molecular weight excluding hydrogens is 330 g/mol. The van der Waals surface area contributed by atoms with Crippen molar-refractivity contribution in [2.45, 2.75) is 26.4 Å². The Labute approximate surface area is 154 Å². The van der Waals surface area contributed by atoms with E-state index in [0.717, 1.165) is 5.69 Å². The number of hydrogen-bond acceptors (Lipinski definition) is 4. The van der Waals surface area contributed by atoms with Crippen molar-refractivity contribution in [3.05, 3.63) is 60.2 Å². The van der Waals surface area contributed by atoms with Gasteiger partial charge in [0.05, 0.1) is 5.69 Å². The average molecular weight is 355 g/mol. The summed E-state index contributed by atoms with van der Waals surface area (Å²) >= 11 is 0. The van der Waals surface area contributed by atoms with Gasteiger partial charge in [-0.25, -0.2) is 4.79 Å². The van der Waals surface area contributed by atoms with Crippen LogP contribution in [0.5, 0.6) is 0 Å². The predicted molar refractivity (Wildman–Crippen MR) is 103 cm³/mol. The van der Waals surface area contributed by atoms with Gasteiger partial charge in [-0.1, -0.05) is 18.2 Å². The van der Waals surface area contributed by atoms with E-state index in [1.54, 1.807) is 43.4 Å². The summed E-state index contributed by atoms with van der Waals surface area (Å²) in [7, 11) is 3.51. The second-order valence-corrected chi connectivity index (χ2v) is 6.89. The first-order valence-electron chi connectivity index (χ1n) is 8.34. The highest BCUT2D eigenvalue weighted by atomic mass is 16.6. The molecular formula is C20H25N3O3. The number of carbonyl (C=O) groups excluding carboxylic acids is 2. The van der Waals surface area contributed by atoms with E-state index in [4.69, 9.17) is 4.74 Å². The van der Waals surface area contributed by atoms with Crippen LogP contribution < -0.4 is 10.3 Å². The van der Waals surface area contributed by atoms with Crippen molar-refractivity contribution in [3.8, 4) is 0 Å². The van der Waals surface area contributed by atoms with Crippen LogP contribution >= 0.6 is 0 Å². The monoisotopic (exact) mass is 355 g/mol. The van der Waals surface area contributed by atoms with E-state index >= 15 is 0 Å². The molecule has 1 N–H and O–H groups in total. The van der Waals surface area contributed by atoms with Gasteiger partial charge in [0, 0.05) is 25.3 Å². The summed E-state index contributed by atoms with van der Waals surface area (Å²) in [6.45, 7) is 5.43. The molecule has 0 spiro atoms. The number of benzene rings is 2. The molecule has 0 aromatic heterocycles. The first-order chi connectivity index (χ1) is 12.2. The molecule has 0 aliphatic rings. The third kappa shape index (κ3) is 5.24. The topological polar surface area (TPSA) is 61.9 Å². The number of amides is 2. The summed E-state index contributed by atoms with van der Waals surface area (Å²) in [4.78, 5) is 24.3. The van der Waals surface area contributed by atoms with E-state index in [-0.39, 0.29) is 5.91 Å². The normalized spacial score (nSPS) is 10.8. The van der Waals surface area contributed by atoms with Crippen LogP contribution in [0.1, 0.15) is 31.1 Å². The largest absolute Gasteiger partial charge is 0.444 e.